The molecule has 110 valence electrons. The molecule has 21 heavy (non-hydrogen) atoms. The molecule has 0 bridgehead atoms. The van der Waals surface area contributed by atoms with Gasteiger partial charge in [0.2, 0.25) is 11.6 Å². The van der Waals surface area contributed by atoms with Gasteiger partial charge in [-0.25, -0.2) is 4.98 Å². The van der Waals surface area contributed by atoms with Crippen LogP contribution in [0.4, 0.5) is 11.5 Å². The third kappa shape index (κ3) is 3.25. The first-order valence-corrected chi connectivity index (χ1v) is 6.37. The molecule has 7 nitrogen and oxygen atoms in total. The molecule has 0 unspecified atom stereocenters. The summed E-state index contributed by atoms with van der Waals surface area (Å²) in [5.41, 5.74) is 1.42. The first-order chi connectivity index (χ1) is 9.90. The largest absolute Gasteiger partial charge is 0.431 e. The average Bonchev–Trinajstić information content (AvgIpc) is 2.40. The van der Waals surface area contributed by atoms with Crippen LogP contribution in [0, 0.1) is 30.9 Å². The van der Waals surface area contributed by atoms with E-state index in [0.29, 0.717) is 17.2 Å². The Morgan fingerprint density at radius 2 is 1.90 bits per heavy atom. The van der Waals surface area contributed by atoms with Crippen LogP contribution in [0.25, 0.3) is 0 Å². The summed E-state index contributed by atoms with van der Waals surface area (Å²) in [6, 6.07) is 4.90. The average molecular weight is 288 g/mol. The summed E-state index contributed by atoms with van der Waals surface area (Å²) in [6.45, 7) is 5.30. The second kappa shape index (κ2) is 5.74. The van der Waals surface area contributed by atoms with Crippen LogP contribution >= 0.6 is 0 Å². The summed E-state index contributed by atoms with van der Waals surface area (Å²) in [7, 11) is 1.73. The van der Waals surface area contributed by atoms with Crippen LogP contribution < -0.4 is 10.1 Å². The summed E-state index contributed by atoms with van der Waals surface area (Å²) in [5, 5.41) is 14.1. The monoisotopic (exact) mass is 288 g/mol. The van der Waals surface area contributed by atoms with E-state index >= 15 is 0 Å². The number of aryl methyl sites for hydroxylation is 3. The zero-order chi connectivity index (χ0) is 15.6. The lowest BCUT2D eigenvalue weighted by Crippen LogP contribution is -2.01. The van der Waals surface area contributed by atoms with Crippen molar-refractivity contribution in [2.24, 2.45) is 0 Å². The molecule has 1 aromatic carbocycles. The zero-order valence-corrected chi connectivity index (χ0v) is 12.3. The number of benzene rings is 1. The van der Waals surface area contributed by atoms with E-state index in [2.05, 4.69) is 15.3 Å². The quantitative estimate of drug-likeness (QED) is 0.686. The minimum Gasteiger partial charge on any atom is -0.431 e. The Kier molecular flexibility index (Phi) is 4.02. The fraction of sp³-hybridized carbons (Fsp3) is 0.286. The number of ether oxygens (including phenoxy) is 1. The highest BCUT2D eigenvalue weighted by atomic mass is 16.6. The molecular formula is C14H16N4O3. The van der Waals surface area contributed by atoms with Crippen molar-refractivity contribution in [3.63, 3.8) is 0 Å². The molecule has 0 saturated carbocycles. The van der Waals surface area contributed by atoms with Crippen molar-refractivity contribution in [2.45, 2.75) is 20.8 Å². The van der Waals surface area contributed by atoms with E-state index in [0.717, 1.165) is 5.56 Å². The number of aromatic nitrogens is 2. The van der Waals surface area contributed by atoms with Crippen LogP contribution in [-0.4, -0.2) is 21.9 Å². The van der Waals surface area contributed by atoms with E-state index in [1.54, 1.807) is 33.9 Å². The predicted octanol–water partition coefficient (Wildman–Crippen LogP) is 3.14. The number of hydrogen-bond acceptors (Lipinski definition) is 6. The fourth-order valence-electron chi connectivity index (χ4n) is 2.03. The van der Waals surface area contributed by atoms with Gasteiger partial charge in [0.15, 0.2) is 0 Å². The molecule has 0 aliphatic rings. The van der Waals surface area contributed by atoms with Gasteiger partial charge in [0.25, 0.3) is 0 Å². The molecule has 1 aromatic heterocycles. The van der Waals surface area contributed by atoms with Gasteiger partial charge in [-0.05, 0) is 31.9 Å². The van der Waals surface area contributed by atoms with Crippen molar-refractivity contribution in [3.8, 4) is 11.6 Å². The highest BCUT2D eigenvalue weighted by Crippen LogP contribution is 2.35. The van der Waals surface area contributed by atoms with Crippen molar-refractivity contribution >= 4 is 11.5 Å². The topological polar surface area (TPSA) is 90.2 Å². The van der Waals surface area contributed by atoms with Crippen LogP contribution in [0.2, 0.25) is 0 Å². The van der Waals surface area contributed by atoms with Crippen LogP contribution in [0.5, 0.6) is 11.6 Å². The van der Waals surface area contributed by atoms with Gasteiger partial charge in [0, 0.05) is 19.2 Å². The Labute approximate surface area is 122 Å². The number of nitrogens with one attached hydrogen (secondary N) is 1. The molecular weight excluding hydrogens is 272 g/mol. The van der Waals surface area contributed by atoms with E-state index in [1.165, 1.54) is 6.07 Å². The Balaban J connectivity index is 2.48. The molecule has 0 spiro atoms. The lowest BCUT2D eigenvalue weighted by atomic mass is 10.1. The number of nitro benzene ring substituents is 1. The summed E-state index contributed by atoms with van der Waals surface area (Å²) >= 11 is 0. The van der Waals surface area contributed by atoms with Crippen LogP contribution in [0.1, 0.15) is 17.0 Å². The lowest BCUT2D eigenvalue weighted by Gasteiger charge is -2.10. The highest BCUT2D eigenvalue weighted by Gasteiger charge is 2.20. The van der Waals surface area contributed by atoms with Crippen molar-refractivity contribution < 1.29 is 9.66 Å². The molecule has 0 aliphatic carbocycles. The van der Waals surface area contributed by atoms with E-state index in [9.17, 15) is 10.1 Å². The molecule has 0 aliphatic heterocycles. The minimum atomic E-state index is -0.456. The fourth-order valence-corrected chi connectivity index (χ4v) is 2.03. The van der Waals surface area contributed by atoms with Crippen molar-refractivity contribution in [2.75, 3.05) is 12.4 Å². The summed E-state index contributed by atoms with van der Waals surface area (Å²) in [6.07, 6.45) is 0. The second-order valence-electron chi connectivity index (χ2n) is 4.68. The maximum atomic E-state index is 11.2. The molecule has 0 saturated heterocycles. The summed E-state index contributed by atoms with van der Waals surface area (Å²) < 4.78 is 5.65. The van der Waals surface area contributed by atoms with Crippen LogP contribution in [0.3, 0.4) is 0 Å². The number of nitro groups is 1. The zero-order valence-electron chi connectivity index (χ0n) is 12.3. The molecule has 0 amide bonds. The van der Waals surface area contributed by atoms with Gasteiger partial charge in [-0.15, -0.1) is 0 Å². The first kappa shape index (κ1) is 14.7. The molecule has 1 heterocycles. The molecule has 0 fully saturated rings. The Bertz CT molecular complexity index is 701. The number of anilines is 1. The number of rotatable bonds is 4. The van der Waals surface area contributed by atoms with Crippen molar-refractivity contribution in [1.29, 1.82) is 0 Å². The van der Waals surface area contributed by atoms with Gasteiger partial charge in [0.1, 0.15) is 11.6 Å². The summed E-state index contributed by atoms with van der Waals surface area (Å²) in [4.78, 5) is 19.0. The van der Waals surface area contributed by atoms with Crippen molar-refractivity contribution in [3.05, 3.63) is 45.3 Å². The van der Waals surface area contributed by atoms with Gasteiger partial charge in [0.05, 0.1) is 4.92 Å². The highest BCUT2D eigenvalue weighted by molar-refractivity contribution is 5.55. The van der Waals surface area contributed by atoms with Gasteiger partial charge < -0.3 is 10.1 Å². The Morgan fingerprint density at radius 1 is 1.19 bits per heavy atom. The summed E-state index contributed by atoms with van der Waals surface area (Å²) in [5.74, 6) is 1.57. The molecule has 7 heteroatoms. The Morgan fingerprint density at radius 3 is 2.52 bits per heavy atom. The standard InChI is InChI=1S/C14H16N4O3/c1-8-5-9(2)14(11(6-8)18(19)20)21-13-7-12(15-4)16-10(3)17-13/h5-7H,1-4H3,(H,15,16,17). The Hall–Kier alpha value is -2.70. The van der Waals surface area contributed by atoms with Gasteiger partial charge in [-0.2, -0.15) is 4.98 Å². The smallest absolute Gasteiger partial charge is 0.312 e. The minimum absolute atomic E-state index is 0.0743. The second-order valence-corrected chi connectivity index (χ2v) is 4.68. The third-order valence-electron chi connectivity index (χ3n) is 2.87. The normalized spacial score (nSPS) is 10.3. The molecule has 0 atom stereocenters. The number of hydrogen-bond donors (Lipinski definition) is 1. The third-order valence-corrected chi connectivity index (χ3v) is 2.87. The molecule has 2 aromatic rings. The van der Waals surface area contributed by atoms with Crippen molar-refractivity contribution in [1.82, 2.24) is 9.97 Å². The SMILES string of the molecule is CNc1cc(Oc2c(C)cc(C)cc2[N+](=O)[O-])nc(C)n1. The molecule has 1 N–H and O–H groups in total. The van der Waals surface area contributed by atoms with Gasteiger partial charge >= 0.3 is 5.69 Å². The van der Waals surface area contributed by atoms with E-state index in [-0.39, 0.29) is 17.3 Å². The van der Waals surface area contributed by atoms with E-state index < -0.39 is 4.92 Å². The molecule has 2 rings (SSSR count). The lowest BCUT2D eigenvalue weighted by molar-refractivity contribution is -0.385. The van der Waals surface area contributed by atoms with Gasteiger partial charge in [-0.3, -0.25) is 10.1 Å². The maximum Gasteiger partial charge on any atom is 0.312 e. The van der Waals surface area contributed by atoms with Crippen LogP contribution in [0.15, 0.2) is 18.2 Å². The predicted molar refractivity (Wildman–Crippen MR) is 79.0 cm³/mol. The number of nitrogens with zero attached hydrogens (tertiary/aromatic N) is 3. The maximum absolute atomic E-state index is 11.2. The molecule has 0 radical (unpaired) electrons. The van der Waals surface area contributed by atoms with Crippen LogP contribution in [-0.2, 0) is 0 Å². The van der Waals surface area contributed by atoms with E-state index in [4.69, 9.17) is 4.74 Å². The first-order valence-electron chi connectivity index (χ1n) is 6.37. The van der Waals surface area contributed by atoms with Gasteiger partial charge in [-0.1, -0.05) is 6.07 Å². The van der Waals surface area contributed by atoms with E-state index in [1.807, 2.05) is 6.07 Å².